The molecular formula is C34H62O6. The summed E-state index contributed by atoms with van der Waals surface area (Å²) in [4.78, 5) is 31.7. The second-order valence-corrected chi connectivity index (χ2v) is 10.2. The zero-order valence-corrected chi connectivity index (χ0v) is 26.8. The first-order chi connectivity index (χ1) is 19.2. The highest BCUT2D eigenvalue weighted by Gasteiger charge is 2.01. The van der Waals surface area contributed by atoms with Crippen molar-refractivity contribution in [1.82, 2.24) is 0 Å². The molecule has 0 aliphatic carbocycles. The molecule has 234 valence electrons. The van der Waals surface area contributed by atoms with Crippen molar-refractivity contribution >= 4 is 17.9 Å². The second kappa shape index (κ2) is 34.7. The SMILES string of the molecule is C=C(C)C(=O)OC.C=C(C)C(=O)OCCCCCCCCCCCCCCCCCC.C=CC(=O)OCCCC. The molecule has 0 radical (unpaired) electrons. The number of rotatable bonds is 23. The Labute approximate surface area is 247 Å². The fraction of sp³-hybridized carbons (Fsp3) is 0.735. The van der Waals surface area contributed by atoms with Crippen LogP contribution < -0.4 is 0 Å². The summed E-state index contributed by atoms with van der Waals surface area (Å²) in [6.45, 7) is 18.9. The van der Waals surface area contributed by atoms with Crippen LogP contribution in [0, 0.1) is 0 Å². The fourth-order valence-electron chi connectivity index (χ4n) is 3.49. The molecule has 0 aromatic rings. The molecule has 40 heavy (non-hydrogen) atoms. The van der Waals surface area contributed by atoms with Crippen LogP contribution in [0.4, 0.5) is 0 Å². The van der Waals surface area contributed by atoms with Gasteiger partial charge in [0.25, 0.3) is 0 Å². The highest BCUT2D eigenvalue weighted by Crippen LogP contribution is 2.13. The molecule has 0 amide bonds. The van der Waals surface area contributed by atoms with Crippen LogP contribution in [0.1, 0.15) is 143 Å². The van der Waals surface area contributed by atoms with E-state index in [9.17, 15) is 14.4 Å². The third-order valence-electron chi connectivity index (χ3n) is 6.02. The molecule has 0 heterocycles. The van der Waals surface area contributed by atoms with Crippen LogP contribution in [-0.4, -0.2) is 38.2 Å². The molecule has 0 saturated carbocycles. The van der Waals surface area contributed by atoms with Gasteiger partial charge in [0.05, 0.1) is 20.3 Å². The summed E-state index contributed by atoms with van der Waals surface area (Å²) < 4.78 is 14.0. The smallest absolute Gasteiger partial charge is 0.333 e. The van der Waals surface area contributed by atoms with E-state index in [1.54, 1.807) is 13.8 Å². The molecule has 0 bridgehead atoms. The number of carbonyl (C=O) groups is 3. The van der Waals surface area contributed by atoms with E-state index < -0.39 is 0 Å². The van der Waals surface area contributed by atoms with E-state index in [0.717, 1.165) is 19.3 Å². The molecule has 0 aromatic carbocycles. The van der Waals surface area contributed by atoms with E-state index in [4.69, 9.17) is 4.74 Å². The van der Waals surface area contributed by atoms with E-state index in [-0.39, 0.29) is 17.9 Å². The number of esters is 3. The van der Waals surface area contributed by atoms with Crippen LogP contribution in [-0.2, 0) is 28.6 Å². The van der Waals surface area contributed by atoms with Gasteiger partial charge in [0, 0.05) is 17.2 Å². The first-order valence-electron chi connectivity index (χ1n) is 15.5. The van der Waals surface area contributed by atoms with Crippen LogP contribution in [0.3, 0.4) is 0 Å². The van der Waals surface area contributed by atoms with Crippen molar-refractivity contribution in [2.24, 2.45) is 0 Å². The molecular weight excluding hydrogens is 504 g/mol. The third-order valence-corrected chi connectivity index (χ3v) is 6.02. The van der Waals surface area contributed by atoms with Crippen molar-refractivity contribution in [2.75, 3.05) is 20.3 Å². The summed E-state index contributed by atoms with van der Waals surface area (Å²) in [7, 11) is 1.33. The lowest BCUT2D eigenvalue weighted by atomic mass is 10.0. The Morgan fingerprint density at radius 3 is 1.20 bits per heavy atom. The molecule has 6 heteroatoms. The lowest BCUT2D eigenvalue weighted by molar-refractivity contribution is -0.139. The van der Waals surface area contributed by atoms with Crippen LogP contribution in [0.2, 0.25) is 0 Å². The third kappa shape index (κ3) is 37.8. The molecule has 0 aromatic heterocycles. The Balaban J connectivity index is -0.000000695. The Morgan fingerprint density at radius 2 is 0.900 bits per heavy atom. The Kier molecular flexibility index (Phi) is 36.5. The second-order valence-electron chi connectivity index (χ2n) is 10.2. The van der Waals surface area contributed by atoms with Crippen LogP contribution in [0.25, 0.3) is 0 Å². The van der Waals surface area contributed by atoms with Gasteiger partial charge in [-0.3, -0.25) is 0 Å². The molecule has 0 aliphatic heterocycles. The van der Waals surface area contributed by atoms with Crippen molar-refractivity contribution in [3.8, 4) is 0 Å². The maximum absolute atomic E-state index is 11.2. The predicted molar refractivity (Wildman–Crippen MR) is 168 cm³/mol. The van der Waals surface area contributed by atoms with Gasteiger partial charge >= 0.3 is 17.9 Å². The van der Waals surface area contributed by atoms with Gasteiger partial charge in [-0.1, -0.05) is 136 Å². The minimum atomic E-state index is -0.347. The molecule has 0 saturated heterocycles. The van der Waals surface area contributed by atoms with Gasteiger partial charge in [0.1, 0.15) is 0 Å². The summed E-state index contributed by atoms with van der Waals surface area (Å²) in [6.07, 6.45) is 24.9. The van der Waals surface area contributed by atoms with Gasteiger partial charge < -0.3 is 14.2 Å². The van der Waals surface area contributed by atoms with E-state index in [1.165, 1.54) is 109 Å². The molecule has 6 nitrogen and oxygen atoms in total. The van der Waals surface area contributed by atoms with Crippen molar-refractivity contribution in [3.63, 3.8) is 0 Å². The maximum atomic E-state index is 11.2. The summed E-state index contributed by atoms with van der Waals surface area (Å²) in [5.41, 5.74) is 0.925. The minimum Gasteiger partial charge on any atom is -0.466 e. The largest absolute Gasteiger partial charge is 0.466 e. The average molecular weight is 567 g/mol. The minimum absolute atomic E-state index is 0.254. The Bertz CT molecular complexity index is 653. The number of hydrogen-bond acceptors (Lipinski definition) is 6. The fourth-order valence-corrected chi connectivity index (χ4v) is 3.49. The molecule has 0 unspecified atom stereocenters. The summed E-state index contributed by atoms with van der Waals surface area (Å²) in [5.74, 6) is -0.931. The maximum Gasteiger partial charge on any atom is 0.333 e. The molecule has 0 rings (SSSR count). The zero-order chi connectivity index (χ0) is 30.9. The molecule has 0 N–H and O–H groups in total. The van der Waals surface area contributed by atoms with Crippen molar-refractivity contribution in [2.45, 2.75) is 143 Å². The normalized spacial score (nSPS) is 9.72. The van der Waals surface area contributed by atoms with E-state index >= 15 is 0 Å². The molecule has 0 fully saturated rings. The Morgan fingerprint density at radius 1 is 0.550 bits per heavy atom. The predicted octanol–water partition coefficient (Wildman–Crippen LogP) is 9.62. The van der Waals surface area contributed by atoms with E-state index in [2.05, 4.69) is 36.1 Å². The van der Waals surface area contributed by atoms with Crippen LogP contribution in [0.5, 0.6) is 0 Å². The number of unbranched alkanes of at least 4 members (excludes halogenated alkanes) is 16. The average Bonchev–Trinajstić information content (AvgIpc) is 2.94. The molecule has 0 aliphatic rings. The van der Waals surface area contributed by atoms with Gasteiger partial charge in [0.2, 0.25) is 0 Å². The van der Waals surface area contributed by atoms with Crippen molar-refractivity contribution in [3.05, 3.63) is 37.0 Å². The molecule has 0 atom stereocenters. The van der Waals surface area contributed by atoms with Gasteiger partial charge in [-0.25, -0.2) is 14.4 Å². The quantitative estimate of drug-likeness (QED) is 0.0530. The number of carbonyl (C=O) groups excluding carboxylic acids is 3. The zero-order valence-electron chi connectivity index (χ0n) is 26.8. The van der Waals surface area contributed by atoms with Crippen LogP contribution in [0.15, 0.2) is 37.0 Å². The lowest BCUT2D eigenvalue weighted by Crippen LogP contribution is -2.05. The van der Waals surface area contributed by atoms with Gasteiger partial charge in [0.15, 0.2) is 0 Å². The van der Waals surface area contributed by atoms with Gasteiger partial charge in [-0.2, -0.15) is 0 Å². The first-order valence-corrected chi connectivity index (χ1v) is 15.5. The summed E-state index contributed by atoms with van der Waals surface area (Å²) in [6, 6.07) is 0. The van der Waals surface area contributed by atoms with Crippen molar-refractivity contribution in [1.29, 1.82) is 0 Å². The summed E-state index contributed by atoms with van der Waals surface area (Å²) in [5, 5.41) is 0. The van der Waals surface area contributed by atoms with E-state index in [1.807, 2.05) is 6.92 Å². The highest BCUT2D eigenvalue weighted by atomic mass is 16.5. The Hall–Kier alpha value is -2.37. The van der Waals surface area contributed by atoms with Gasteiger partial charge in [-0.05, 0) is 26.7 Å². The first kappa shape index (κ1) is 42.1. The summed E-state index contributed by atoms with van der Waals surface area (Å²) >= 11 is 0. The number of hydrogen-bond donors (Lipinski definition) is 0. The number of ether oxygens (including phenoxy) is 3. The highest BCUT2D eigenvalue weighted by molar-refractivity contribution is 5.87. The van der Waals surface area contributed by atoms with Crippen molar-refractivity contribution < 1.29 is 28.6 Å². The van der Waals surface area contributed by atoms with Gasteiger partial charge in [-0.15, -0.1) is 0 Å². The topological polar surface area (TPSA) is 78.9 Å². The number of methoxy groups -OCH3 is 1. The monoisotopic (exact) mass is 566 g/mol. The standard InChI is InChI=1S/C22H42O2.C7H12O2.C5H8O2/c1-4-5-6-7-8-9-10-11-12-13-14-15-16-17-18-19-20-24-22(23)21(2)3;1-3-5-6-9-7(8)4-2;1-4(2)5(6)7-3/h2,4-20H2,1,3H3;4H,2-3,5-6H2,1H3;1H2,2-3H3. The van der Waals surface area contributed by atoms with Crippen LogP contribution >= 0.6 is 0 Å². The molecule has 0 spiro atoms. The lowest BCUT2D eigenvalue weighted by Gasteiger charge is -2.05. The van der Waals surface area contributed by atoms with E-state index in [0.29, 0.717) is 24.4 Å².